The van der Waals surface area contributed by atoms with Crippen molar-refractivity contribution in [1.29, 1.82) is 0 Å². The first-order valence-electron chi connectivity index (χ1n) is 6.06. The highest BCUT2D eigenvalue weighted by Crippen LogP contribution is 2.23. The molecule has 0 saturated carbocycles. The number of esters is 1. The van der Waals surface area contributed by atoms with E-state index in [1.54, 1.807) is 18.4 Å². The molecule has 4 nitrogen and oxygen atoms in total. The molecule has 2 atom stereocenters. The number of methoxy groups -OCH3 is 2. The summed E-state index contributed by atoms with van der Waals surface area (Å²) >= 11 is 1.64. The van der Waals surface area contributed by atoms with Crippen LogP contribution in [0.4, 0.5) is 0 Å². The molecule has 102 valence electrons. The van der Waals surface area contributed by atoms with E-state index in [-0.39, 0.29) is 18.1 Å². The first-order valence-corrected chi connectivity index (χ1v) is 6.94. The van der Waals surface area contributed by atoms with E-state index in [4.69, 9.17) is 9.47 Å². The number of rotatable bonds is 8. The summed E-state index contributed by atoms with van der Waals surface area (Å²) in [5.41, 5.74) is 0. The number of carbonyl (C=O) groups is 1. The molecule has 1 aromatic rings. The molecule has 0 aromatic carbocycles. The maximum absolute atomic E-state index is 11.5. The second kappa shape index (κ2) is 8.24. The lowest BCUT2D eigenvalue weighted by molar-refractivity contribution is -0.141. The van der Waals surface area contributed by atoms with Gasteiger partial charge < -0.3 is 14.8 Å². The third kappa shape index (κ3) is 4.76. The fourth-order valence-corrected chi connectivity index (χ4v) is 2.54. The summed E-state index contributed by atoms with van der Waals surface area (Å²) in [7, 11) is 3.10. The fraction of sp³-hybridized carbons (Fsp3) is 0.615. The summed E-state index contributed by atoms with van der Waals surface area (Å²) < 4.78 is 9.92. The minimum absolute atomic E-state index is 0.00227. The predicted molar refractivity (Wildman–Crippen MR) is 72.8 cm³/mol. The molecule has 0 fully saturated rings. The van der Waals surface area contributed by atoms with Gasteiger partial charge >= 0.3 is 5.97 Å². The Labute approximate surface area is 112 Å². The SMILES string of the molecule is CCC(COC)NC(CC(=O)OC)c1cccs1. The van der Waals surface area contributed by atoms with Crippen LogP contribution in [0.1, 0.15) is 30.7 Å². The van der Waals surface area contributed by atoms with Crippen LogP contribution < -0.4 is 5.32 Å². The van der Waals surface area contributed by atoms with E-state index in [1.165, 1.54) is 7.11 Å². The van der Waals surface area contributed by atoms with Crippen LogP contribution >= 0.6 is 11.3 Å². The molecule has 0 amide bonds. The van der Waals surface area contributed by atoms with Crippen molar-refractivity contribution in [2.75, 3.05) is 20.8 Å². The molecule has 1 aromatic heterocycles. The summed E-state index contributed by atoms with van der Waals surface area (Å²) in [6, 6.07) is 4.26. The van der Waals surface area contributed by atoms with Gasteiger partial charge in [0.05, 0.1) is 26.2 Å². The highest BCUT2D eigenvalue weighted by molar-refractivity contribution is 7.10. The summed E-state index contributed by atoms with van der Waals surface area (Å²) in [5.74, 6) is -0.201. The second-order valence-electron chi connectivity index (χ2n) is 4.08. The molecular formula is C13H21NO3S. The van der Waals surface area contributed by atoms with E-state index in [0.717, 1.165) is 11.3 Å². The van der Waals surface area contributed by atoms with E-state index in [2.05, 4.69) is 12.2 Å². The highest BCUT2D eigenvalue weighted by atomic mass is 32.1. The number of ether oxygens (including phenoxy) is 2. The zero-order chi connectivity index (χ0) is 13.4. The van der Waals surface area contributed by atoms with Gasteiger partial charge in [-0.05, 0) is 17.9 Å². The summed E-state index contributed by atoms with van der Waals surface area (Å²) in [4.78, 5) is 12.6. The summed E-state index contributed by atoms with van der Waals surface area (Å²) in [6.45, 7) is 2.74. The van der Waals surface area contributed by atoms with Crippen molar-refractivity contribution in [3.63, 3.8) is 0 Å². The van der Waals surface area contributed by atoms with Crippen LogP contribution in [0, 0.1) is 0 Å². The number of nitrogens with one attached hydrogen (secondary N) is 1. The van der Waals surface area contributed by atoms with Crippen molar-refractivity contribution < 1.29 is 14.3 Å². The molecular weight excluding hydrogens is 250 g/mol. The molecule has 0 radical (unpaired) electrons. The monoisotopic (exact) mass is 271 g/mol. The molecule has 0 bridgehead atoms. The molecule has 0 spiro atoms. The summed E-state index contributed by atoms with van der Waals surface area (Å²) in [5, 5.41) is 5.47. The molecule has 1 rings (SSSR count). The third-order valence-corrected chi connectivity index (χ3v) is 3.77. The second-order valence-corrected chi connectivity index (χ2v) is 5.05. The fourth-order valence-electron chi connectivity index (χ4n) is 1.75. The third-order valence-electron chi connectivity index (χ3n) is 2.78. The Kier molecular flexibility index (Phi) is 6.93. The number of thiophene rings is 1. The minimum Gasteiger partial charge on any atom is -0.469 e. The van der Waals surface area contributed by atoms with Crippen molar-refractivity contribution in [3.8, 4) is 0 Å². The van der Waals surface area contributed by atoms with Crippen molar-refractivity contribution in [3.05, 3.63) is 22.4 Å². The Morgan fingerprint density at radius 3 is 2.78 bits per heavy atom. The Morgan fingerprint density at radius 1 is 1.50 bits per heavy atom. The van der Waals surface area contributed by atoms with Crippen molar-refractivity contribution >= 4 is 17.3 Å². The van der Waals surface area contributed by atoms with Crippen molar-refractivity contribution in [1.82, 2.24) is 5.32 Å². The van der Waals surface area contributed by atoms with Crippen LogP contribution in [0.5, 0.6) is 0 Å². The average Bonchev–Trinajstić information content (AvgIpc) is 2.90. The Morgan fingerprint density at radius 2 is 2.28 bits per heavy atom. The predicted octanol–water partition coefficient (Wildman–Crippen LogP) is 2.37. The maximum atomic E-state index is 11.5. The molecule has 1 heterocycles. The lowest BCUT2D eigenvalue weighted by Crippen LogP contribution is -2.36. The van der Waals surface area contributed by atoms with Gasteiger partial charge in [0.1, 0.15) is 0 Å². The van der Waals surface area contributed by atoms with Crippen LogP contribution in [0.3, 0.4) is 0 Å². The van der Waals surface area contributed by atoms with Crippen LogP contribution in [0.2, 0.25) is 0 Å². The first kappa shape index (κ1) is 15.1. The standard InChI is InChI=1S/C13H21NO3S/c1-4-10(9-16-2)14-11(8-13(15)17-3)12-6-5-7-18-12/h5-7,10-11,14H,4,8-9H2,1-3H3. The Bertz CT molecular complexity index is 340. The van der Waals surface area contributed by atoms with E-state index < -0.39 is 0 Å². The highest BCUT2D eigenvalue weighted by Gasteiger charge is 2.20. The summed E-state index contributed by atoms with van der Waals surface area (Å²) in [6.07, 6.45) is 1.30. The average molecular weight is 271 g/mol. The molecule has 0 aliphatic carbocycles. The minimum atomic E-state index is -0.201. The lowest BCUT2D eigenvalue weighted by Gasteiger charge is -2.23. The molecule has 0 aliphatic heterocycles. The van der Waals surface area contributed by atoms with Crippen LogP contribution in [-0.4, -0.2) is 32.8 Å². The van der Waals surface area contributed by atoms with Gasteiger partial charge in [0.25, 0.3) is 0 Å². The lowest BCUT2D eigenvalue weighted by atomic mass is 10.1. The van der Waals surface area contributed by atoms with Gasteiger partial charge in [-0.2, -0.15) is 0 Å². The van der Waals surface area contributed by atoms with Crippen molar-refractivity contribution in [2.24, 2.45) is 0 Å². The Balaban J connectivity index is 2.68. The molecule has 0 aliphatic rings. The van der Waals surface area contributed by atoms with Gasteiger partial charge in [0, 0.05) is 18.0 Å². The molecule has 0 saturated heterocycles. The van der Waals surface area contributed by atoms with Gasteiger partial charge in [-0.3, -0.25) is 4.79 Å². The smallest absolute Gasteiger partial charge is 0.307 e. The van der Waals surface area contributed by atoms with Crippen LogP contribution in [0.25, 0.3) is 0 Å². The quantitative estimate of drug-likeness (QED) is 0.737. The van der Waals surface area contributed by atoms with Gasteiger partial charge in [-0.15, -0.1) is 11.3 Å². The molecule has 2 unspecified atom stereocenters. The van der Waals surface area contributed by atoms with Gasteiger partial charge in [0.15, 0.2) is 0 Å². The van der Waals surface area contributed by atoms with Crippen LogP contribution in [0.15, 0.2) is 17.5 Å². The topological polar surface area (TPSA) is 47.6 Å². The molecule has 5 heteroatoms. The van der Waals surface area contributed by atoms with Crippen molar-refractivity contribution in [2.45, 2.75) is 31.8 Å². The molecule has 1 N–H and O–H groups in total. The van der Waals surface area contributed by atoms with E-state index in [0.29, 0.717) is 13.0 Å². The largest absolute Gasteiger partial charge is 0.469 e. The molecule has 18 heavy (non-hydrogen) atoms. The van der Waals surface area contributed by atoms with E-state index in [1.807, 2.05) is 17.5 Å². The zero-order valence-electron chi connectivity index (χ0n) is 11.1. The first-order chi connectivity index (χ1) is 8.71. The zero-order valence-corrected chi connectivity index (χ0v) is 12.0. The van der Waals surface area contributed by atoms with E-state index in [9.17, 15) is 4.79 Å². The number of hydrogen-bond acceptors (Lipinski definition) is 5. The Hall–Kier alpha value is -0.910. The number of hydrogen-bond donors (Lipinski definition) is 1. The van der Waals surface area contributed by atoms with E-state index >= 15 is 0 Å². The van der Waals surface area contributed by atoms with Crippen LogP contribution in [-0.2, 0) is 14.3 Å². The van der Waals surface area contributed by atoms with Gasteiger partial charge in [-0.1, -0.05) is 13.0 Å². The maximum Gasteiger partial charge on any atom is 0.307 e. The number of carbonyl (C=O) groups excluding carboxylic acids is 1. The van der Waals surface area contributed by atoms with Gasteiger partial charge in [0.2, 0.25) is 0 Å². The van der Waals surface area contributed by atoms with Gasteiger partial charge in [-0.25, -0.2) is 0 Å². The normalized spacial score (nSPS) is 14.2.